The summed E-state index contributed by atoms with van der Waals surface area (Å²) >= 11 is 24.9. The van der Waals surface area contributed by atoms with E-state index < -0.39 is 47.3 Å². The molecular formula is C48H46Cl4N8O8. The smallest absolute Gasteiger partial charge is 0.259 e. The zero-order chi connectivity index (χ0) is 49.7. The molecule has 0 aliphatic carbocycles. The third-order valence-electron chi connectivity index (χ3n) is 9.57. The third-order valence-corrected chi connectivity index (χ3v) is 10.5. The third kappa shape index (κ3) is 14.6. The van der Waals surface area contributed by atoms with Crippen molar-refractivity contribution in [3.05, 3.63) is 129 Å². The van der Waals surface area contributed by atoms with Crippen LogP contribution in [0.2, 0.25) is 10.0 Å². The SMILES string of the molecule is CCOc1cc(NC(=O)C(N=Nc2cc(Cl)cc(C(=O)Nc3ccc(C(C)Cl)cc3)c2)C(C)=O)cc(OCC)c1NC(=O)C(N=Nc1cc(Cl)cc(C(=O)Nc2ccc(C(C)Cl)cc2)c1)C(C)=O. The van der Waals surface area contributed by atoms with Gasteiger partial charge < -0.3 is 30.7 Å². The Morgan fingerprint density at radius 1 is 0.529 bits per heavy atom. The minimum absolute atomic E-state index is 0.00104. The van der Waals surface area contributed by atoms with Gasteiger partial charge in [-0.3, -0.25) is 28.8 Å². The molecule has 4 N–H and O–H groups in total. The molecular weight excluding hydrogens is 958 g/mol. The predicted octanol–water partition coefficient (Wildman–Crippen LogP) is 12.3. The topological polar surface area (TPSA) is 218 Å². The predicted molar refractivity (Wildman–Crippen MR) is 264 cm³/mol. The van der Waals surface area contributed by atoms with Crippen molar-refractivity contribution in [1.82, 2.24) is 0 Å². The maximum atomic E-state index is 13.7. The van der Waals surface area contributed by atoms with Gasteiger partial charge in [0.25, 0.3) is 23.6 Å². The summed E-state index contributed by atoms with van der Waals surface area (Å²) in [6, 6.07) is 21.8. The Labute approximate surface area is 412 Å². The van der Waals surface area contributed by atoms with Crippen molar-refractivity contribution in [3.63, 3.8) is 0 Å². The van der Waals surface area contributed by atoms with Crippen molar-refractivity contribution in [3.8, 4) is 11.5 Å². The van der Waals surface area contributed by atoms with Crippen LogP contribution in [-0.2, 0) is 19.2 Å². The Bertz CT molecular complexity index is 2720. The summed E-state index contributed by atoms with van der Waals surface area (Å²) in [5.74, 6) is -4.09. The van der Waals surface area contributed by atoms with Crippen LogP contribution >= 0.6 is 46.4 Å². The van der Waals surface area contributed by atoms with E-state index in [1.165, 1.54) is 48.5 Å². The quantitative estimate of drug-likeness (QED) is 0.0333. The average molecular weight is 1000 g/mol. The molecule has 20 heteroatoms. The highest BCUT2D eigenvalue weighted by molar-refractivity contribution is 6.32. The Kier molecular flexibility index (Phi) is 18.7. The number of benzene rings is 5. The van der Waals surface area contributed by atoms with Crippen LogP contribution in [0.15, 0.2) is 118 Å². The van der Waals surface area contributed by atoms with Crippen molar-refractivity contribution in [2.45, 2.75) is 64.4 Å². The number of anilines is 4. The molecule has 4 unspecified atom stereocenters. The van der Waals surface area contributed by atoms with Crippen LogP contribution in [0.25, 0.3) is 0 Å². The Balaban J connectivity index is 1.33. The zero-order valence-corrected chi connectivity index (χ0v) is 40.6. The number of ketones is 2. The van der Waals surface area contributed by atoms with Crippen LogP contribution in [0.3, 0.4) is 0 Å². The van der Waals surface area contributed by atoms with E-state index in [1.807, 2.05) is 13.8 Å². The molecule has 0 saturated carbocycles. The number of amides is 4. The van der Waals surface area contributed by atoms with Gasteiger partial charge in [0, 0.05) is 50.4 Å². The van der Waals surface area contributed by atoms with E-state index in [-0.39, 0.29) is 79.4 Å². The van der Waals surface area contributed by atoms with Gasteiger partial charge in [0.1, 0.15) is 17.2 Å². The first-order chi connectivity index (χ1) is 32.3. The number of rotatable bonds is 20. The number of carbonyl (C=O) groups excluding carboxylic acids is 6. The molecule has 0 aliphatic rings. The van der Waals surface area contributed by atoms with Gasteiger partial charge in [0.2, 0.25) is 12.1 Å². The highest BCUT2D eigenvalue weighted by Gasteiger charge is 2.28. The standard InChI is InChI=1S/C48H46Cl4N8O8/c1-7-67-40-23-37(55-47(65)42(27(5)61)59-57-38-19-31(17-33(51)21-38)45(63)53-35-13-9-29(10-14-35)25(3)49)24-41(68-8-2)44(40)56-48(66)43(28(6)62)60-58-39-20-32(18-34(52)22-39)46(64)54-36-15-11-30(12-16-36)26(4)50/h9-26,42-43H,7-8H2,1-6H3,(H,53,63)(H,54,64)(H,55,65)(H,56,66). The van der Waals surface area contributed by atoms with Crippen molar-refractivity contribution in [2.75, 3.05) is 34.5 Å². The fraction of sp³-hybridized carbons (Fsp3) is 0.250. The van der Waals surface area contributed by atoms with Gasteiger partial charge >= 0.3 is 0 Å². The van der Waals surface area contributed by atoms with Crippen LogP contribution in [-0.4, -0.2) is 60.5 Å². The summed E-state index contributed by atoms with van der Waals surface area (Å²) in [5, 5.41) is 26.8. The van der Waals surface area contributed by atoms with Gasteiger partial charge in [-0.05, 0) is 113 Å². The molecule has 16 nitrogen and oxygen atoms in total. The number of carbonyl (C=O) groups is 6. The van der Waals surface area contributed by atoms with E-state index in [2.05, 4.69) is 41.7 Å². The van der Waals surface area contributed by atoms with Crippen molar-refractivity contribution in [1.29, 1.82) is 0 Å². The lowest BCUT2D eigenvalue weighted by molar-refractivity contribution is -0.127. The van der Waals surface area contributed by atoms with Crippen molar-refractivity contribution >= 4 is 116 Å². The number of nitrogens with one attached hydrogen (secondary N) is 4. The minimum atomic E-state index is -1.68. The van der Waals surface area contributed by atoms with E-state index >= 15 is 0 Å². The zero-order valence-electron chi connectivity index (χ0n) is 37.5. The average Bonchev–Trinajstić information content (AvgIpc) is 3.27. The first kappa shape index (κ1) is 52.3. The second-order valence-corrected chi connectivity index (χ2v) is 17.1. The molecule has 5 aromatic carbocycles. The first-order valence-corrected chi connectivity index (χ1v) is 22.6. The maximum Gasteiger partial charge on any atom is 0.259 e. The molecule has 354 valence electrons. The summed E-state index contributed by atoms with van der Waals surface area (Å²) in [4.78, 5) is 79.2. The van der Waals surface area contributed by atoms with Crippen LogP contribution in [0, 0.1) is 0 Å². The number of azo groups is 2. The molecule has 0 aliphatic heterocycles. The van der Waals surface area contributed by atoms with E-state index in [9.17, 15) is 28.8 Å². The van der Waals surface area contributed by atoms with Gasteiger partial charge in [0.15, 0.2) is 11.6 Å². The lowest BCUT2D eigenvalue weighted by Gasteiger charge is -2.19. The second kappa shape index (κ2) is 24.3. The number of hydrogen-bond donors (Lipinski definition) is 4. The number of halogens is 4. The first-order valence-electron chi connectivity index (χ1n) is 21.0. The Hall–Kier alpha value is -6.72. The Morgan fingerprint density at radius 3 is 1.26 bits per heavy atom. The molecule has 5 aromatic rings. The van der Waals surface area contributed by atoms with Crippen LogP contribution in [0.1, 0.15) is 84.1 Å². The summed E-state index contributed by atoms with van der Waals surface area (Å²) in [6.45, 7) is 9.50. The normalized spacial score (nSPS) is 13.0. The van der Waals surface area contributed by atoms with Crippen LogP contribution in [0.5, 0.6) is 11.5 Å². The van der Waals surface area contributed by atoms with E-state index in [0.29, 0.717) is 11.4 Å². The number of nitrogens with zero attached hydrogens (tertiary/aromatic N) is 4. The molecule has 4 amide bonds. The summed E-state index contributed by atoms with van der Waals surface area (Å²) in [5.41, 5.74) is 3.31. The minimum Gasteiger partial charge on any atom is -0.491 e. The lowest BCUT2D eigenvalue weighted by atomic mass is 10.1. The number of alkyl halides is 2. The molecule has 4 atom stereocenters. The summed E-state index contributed by atoms with van der Waals surface area (Å²) < 4.78 is 11.7. The number of hydrogen-bond acceptors (Lipinski definition) is 12. The van der Waals surface area contributed by atoms with Crippen LogP contribution < -0.4 is 30.7 Å². The number of Topliss-reactive ketones (excluding diaryl/α,β-unsaturated/α-hetero) is 2. The van der Waals surface area contributed by atoms with Crippen molar-refractivity contribution in [2.24, 2.45) is 20.5 Å². The molecule has 5 rings (SSSR count). The maximum absolute atomic E-state index is 13.7. The molecule has 68 heavy (non-hydrogen) atoms. The van der Waals surface area contributed by atoms with Gasteiger partial charge in [-0.1, -0.05) is 47.5 Å². The molecule has 0 heterocycles. The van der Waals surface area contributed by atoms with Gasteiger partial charge in [-0.2, -0.15) is 20.5 Å². The number of ether oxygens (including phenoxy) is 2. The van der Waals surface area contributed by atoms with Gasteiger partial charge in [0.05, 0.1) is 35.3 Å². The molecule has 0 bridgehead atoms. The highest BCUT2D eigenvalue weighted by atomic mass is 35.5. The lowest BCUT2D eigenvalue weighted by Crippen LogP contribution is -2.32. The van der Waals surface area contributed by atoms with E-state index in [4.69, 9.17) is 55.9 Å². The van der Waals surface area contributed by atoms with E-state index in [0.717, 1.165) is 25.0 Å². The fourth-order valence-electron chi connectivity index (χ4n) is 6.21. The largest absolute Gasteiger partial charge is 0.491 e. The molecule has 0 fully saturated rings. The fourth-order valence-corrected chi connectivity index (χ4v) is 6.96. The molecule has 0 saturated heterocycles. The van der Waals surface area contributed by atoms with Crippen molar-refractivity contribution < 1.29 is 38.2 Å². The Morgan fingerprint density at radius 2 is 0.912 bits per heavy atom. The molecule has 0 aromatic heterocycles. The summed E-state index contributed by atoms with van der Waals surface area (Å²) in [6.07, 6.45) is 0. The van der Waals surface area contributed by atoms with E-state index in [1.54, 1.807) is 62.4 Å². The second-order valence-electron chi connectivity index (χ2n) is 14.9. The highest BCUT2D eigenvalue weighted by Crippen LogP contribution is 2.39. The monoisotopic (exact) mass is 1000 g/mol. The van der Waals surface area contributed by atoms with Crippen LogP contribution in [0.4, 0.5) is 34.1 Å². The van der Waals surface area contributed by atoms with Gasteiger partial charge in [-0.15, -0.1) is 23.2 Å². The summed E-state index contributed by atoms with van der Waals surface area (Å²) in [7, 11) is 0. The molecule has 0 spiro atoms. The van der Waals surface area contributed by atoms with Gasteiger partial charge in [-0.25, -0.2) is 0 Å². The molecule has 0 radical (unpaired) electrons.